The fraction of sp³-hybridized carbons (Fsp3) is 0.226. The molecule has 1 aliphatic rings. The van der Waals surface area contributed by atoms with Crippen molar-refractivity contribution < 1.29 is 33.3 Å². The minimum atomic E-state index is -0.773. The minimum Gasteiger partial charge on any atom is -0.493 e. The van der Waals surface area contributed by atoms with Gasteiger partial charge in [0.25, 0.3) is 5.91 Å². The molecule has 1 heterocycles. The molecule has 11 nitrogen and oxygen atoms in total. The second-order valence-electron chi connectivity index (χ2n) is 9.51. The molecule has 3 amide bonds. The number of halogens is 3. The summed E-state index contributed by atoms with van der Waals surface area (Å²) < 4.78 is 24.7. The van der Waals surface area contributed by atoms with Crippen LogP contribution in [0.2, 0.25) is 0 Å². The first kappa shape index (κ1) is 34.0. The number of hydrazone groups is 1. The van der Waals surface area contributed by atoms with Gasteiger partial charge in [-0.3, -0.25) is 4.79 Å². The third-order valence-corrected chi connectivity index (χ3v) is 8.07. The average molecular weight is 809 g/mol. The van der Waals surface area contributed by atoms with Crippen LogP contribution >= 0.6 is 47.8 Å². The van der Waals surface area contributed by atoms with Crippen LogP contribution in [-0.2, 0) is 20.9 Å². The maximum Gasteiger partial charge on any atom is 0.338 e. The summed E-state index contributed by atoms with van der Waals surface area (Å²) in [4.78, 5) is 37.2. The summed E-state index contributed by atoms with van der Waals surface area (Å²) in [6.07, 6.45) is 1.49. The van der Waals surface area contributed by atoms with E-state index in [4.69, 9.17) is 18.9 Å². The molecule has 0 saturated carbocycles. The summed E-state index contributed by atoms with van der Waals surface area (Å²) in [7, 11) is 1.44. The van der Waals surface area contributed by atoms with Gasteiger partial charge in [-0.25, -0.2) is 15.0 Å². The minimum absolute atomic E-state index is 0.183. The topological polar surface area (TPSA) is 137 Å². The second-order valence-corrected chi connectivity index (χ2v) is 12.1. The van der Waals surface area contributed by atoms with E-state index in [0.29, 0.717) is 43.9 Å². The Hall–Kier alpha value is -3.88. The number of nitrogens with zero attached hydrogens (tertiary/aromatic N) is 1. The number of methoxy groups -OCH3 is 1. The molecule has 0 saturated heterocycles. The predicted octanol–water partition coefficient (Wildman–Crippen LogP) is 6.28. The van der Waals surface area contributed by atoms with Crippen molar-refractivity contribution in [2.24, 2.45) is 5.10 Å². The summed E-state index contributed by atoms with van der Waals surface area (Å²) >= 11 is 10.5. The van der Waals surface area contributed by atoms with E-state index in [1.165, 1.54) is 13.3 Å². The van der Waals surface area contributed by atoms with Gasteiger partial charge in [0, 0.05) is 10.2 Å². The number of allylic oxidation sites excluding steroid dienone is 1. The number of rotatable bonds is 12. The highest BCUT2D eigenvalue weighted by molar-refractivity contribution is 9.11. The summed E-state index contributed by atoms with van der Waals surface area (Å²) in [6.45, 7) is 3.55. The maximum atomic E-state index is 12.6. The van der Waals surface area contributed by atoms with Crippen molar-refractivity contribution >= 4 is 71.9 Å². The number of ether oxygens (including phenoxy) is 4. The van der Waals surface area contributed by atoms with Gasteiger partial charge in [-0.05, 0) is 98.8 Å². The van der Waals surface area contributed by atoms with Crippen LogP contribution in [0.25, 0.3) is 0 Å². The molecular formula is C31H29Br3N4O7. The van der Waals surface area contributed by atoms with Gasteiger partial charge in [-0.1, -0.05) is 34.1 Å². The molecule has 14 heteroatoms. The van der Waals surface area contributed by atoms with Gasteiger partial charge in [0.05, 0.1) is 40.5 Å². The molecule has 0 fully saturated rings. The first-order valence-corrected chi connectivity index (χ1v) is 15.9. The van der Waals surface area contributed by atoms with Crippen LogP contribution in [0, 0.1) is 0 Å². The first-order valence-electron chi connectivity index (χ1n) is 13.5. The van der Waals surface area contributed by atoms with Gasteiger partial charge in [0.15, 0.2) is 18.1 Å². The molecule has 0 unspecified atom stereocenters. The van der Waals surface area contributed by atoms with Crippen molar-refractivity contribution in [3.63, 3.8) is 0 Å². The van der Waals surface area contributed by atoms with E-state index in [2.05, 4.69) is 69.0 Å². The summed E-state index contributed by atoms with van der Waals surface area (Å²) in [5.41, 5.74) is 5.38. The molecule has 3 N–H and O–H groups in total. The molecule has 0 aromatic heterocycles. The standard InChI is InChI=1S/C31H29Br3N4O7/c1-4-43-30(40)27-17(2)36-31(41)37-28(27)20-7-10-24(25(13-20)42-3)44-16-26(39)38-35-14-19-11-22(33)29(23(34)12-19)45-15-18-5-8-21(32)9-6-18/h5-14,28H,4,15-16H2,1-3H3,(H,38,39)(H2,36,37,41)/b35-14-/t28-/m0/s1. The fourth-order valence-corrected chi connectivity index (χ4v) is 6.00. The summed E-state index contributed by atoms with van der Waals surface area (Å²) in [6, 6.07) is 15.1. The van der Waals surface area contributed by atoms with E-state index >= 15 is 0 Å². The van der Waals surface area contributed by atoms with E-state index < -0.39 is 23.9 Å². The molecule has 45 heavy (non-hydrogen) atoms. The Morgan fingerprint density at radius 2 is 1.71 bits per heavy atom. The Balaban J connectivity index is 1.35. The smallest absolute Gasteiger partial charge is 0.338 e. The lowest BCUT2D eigenvalue weighted by Gasteiger charge is -2.28. The van der Waals surface area contributed by atoms with E-state index in [1.807, 2.05) is 36.4 Å². The van der Waals surface area contributed by atoms with Gasteiger partial charge >= 0.3 is 12.0 Å². The largest absolute Gasteiger partial charge is 0.493 e. The number of hydrogen-bond acceptors (Lipinski definition) is 8. The molecule has 1 atom stereocenters. The van der Waals surface area contributed by atoms with Gasteiger partial charge in [0.1, 0.15) is 12.4 Å². The van der Waals surface area contributed by atoms with E-state index in [-0.39, 0.29) is 24.5 Å². The first-order chi connectivity index (χ1) is 21.6. The third-order valence-electron chi connectivity index (χ3n) is 6.36. The van der Waals surface area contributed by atoms with Crippen molar-refractivity contribution in [1.29, 1.82) is 0 Å². The molecule has 0 spiro atoms. The molecule has 0 radical (unpaired) electrons. The highest BCUT2D eigenvalue weighted by atomic mass is 79.9. The van der Waals surface area contributed by atoms with E-state index in [9.17, 15) is 14.4 Å². The lowest BCUT2D eigenvalue weighted by atomic mass is 9.95. The molecule has 0 bridgehead atoms. The number of carbonyl (C=O) groups excluding carboxylic acids is 3. The number of carbonyl (C=O) groups is 3. The predicted molar refractivity (Wildman–Crippen MR) is 178 cm³/mol. The highest BCUT2D eigenvalue weighted by Crippen LogP contribution is 2.36. The molecule has 3 aromatic rings. The molecular weight excluding hydrogens is 780 g/mol. The van der Waals surface area contributed by atoms with Crippen LogP contribution in [-0.4, -0.2) is 44.4 Å². The van der Waals surface area contributed by atoms with E-state index in [0.717, 1.165) is 10.0 Å². The zero-order valence-electron chi connectivity index (χ0n) is 24.4. The third kappa shape index (κ3) is 9.08. The monoisotopic (exact) mass is 806 g/mol. The number of benzene rings is 3. The average Bonchev–Trinajstić information content (AvgIpc) is 3.00. The SMILES string of the molecule is CCOC(=O)C1=C(C)NC(=O)N[C@H]1c1ccc(OCC(=O)N/N=C\c2cc(Br)c(OCc3ccc(Br)cc3)c(Br)c2)c(OC)c1. The highest BCUT2D eigenvalue weighted by Gasteiger charge is 2.32. The lowest BCUT2D eigenvalue weighted by molar-refractivity contribution is -0.139. The number of esters is 1. The molecule has 0 aliphatic carbocycles. The Kier molecular flexibility index (Phi) is 12.0. The number of hydrogen-bond donors (Lipinski definition) is 3. The summed E-state index contributed by atoms with van der Waals surface area (Å²) in [5.74, 6) is 0.168. The zero-order chi connectivity index (χ0) is 32.5. The quantitative estimate of drug-likeness (QED) is 0.111. The lowest BCUT2D eigenvalue weighted by Crippen LogP contribution is -2.45. The number of nitrogens with one attached hydrogen (secondary N) is 3. The van der Waals surface area contributed by atoms with Crippen LogP contribution < -0.4 is 30.3 Å². The maximum absolute atomic E-state index is 12.6. The van der Waals surface area contributed by atoms with Crippen LogP contribution in [0.4, 0.5) is 4.79 Å². The zero-order valence-corrected chi connectivity index (χ0v) is 29.2. The van der Waals surface area contributed by atoms with Crippen molar-refractivity contribution in [3.8, 4) is 17.2 Å². The van der Waals surface area contributed by atoms with Gasteiger partial charge in [-0.2, -0.15) is 5.10 Å². The van der Waals surface area contributed by atoms with Crippen LogP contribution in [0.1, 0.15) is 36.6 Å². The van der Waals surface area contributed by atoms with Crippen molar-refractivity contribution in [2.45, 2.75) is 26.5 Å². The molecule has 1 aliphatic heterocycles. The Morgan fingerprint density at radius 3 is 2.38 bits per heavy atom. The van der Waals surface area contributed by atoms with Crippen LogP contribution in [0.3, 0.4) is 0 Å². The van der Waals surface area contributed by atoms with Crippen LogP contribution in [0.5, 0.6) is 17.2 Å². The van der Waals surface area contributed by atoms with Crippen LogP contribution in [0.15, 0.2) is 84.4 Å². The van der Waals surface area contributed by atoms with Crippen molar-refractivity contribution in [1.82, 2.24) is 16.1 Å². The van der Waals surface area contributed by atoms with E-state index in [1.54, 1.807) is 32.0 Å². The number of urea groups is 1. The Morgan fingerprint density at radius 1 is 1.00 bits per heavy atom. The second kappa shape index (κ2) is 15.9. The van der Waals surface area contributed by atoms with Gasteiger partial charge in [-0.15, -0.1) is 0 Å². The van der Waals surface area contributed by atoms with Crippen molar-refractivity contribution in [2.75, 3.05) is 20.3 Å². The van der Waals surface area contributed by atoms with Gasteiger partial charge in [0.2, 0.25) is 0 Å². The summed E-state index contributed by atoms with van der Waals surface area (Å²) in [5, 5.41) is 9.35. The Bertz CT molecular complexity index is 1620. The molecule has 4 rings (SSSR count). The Labute approximate surface area is 285 Å². The normalized spacial score (nSPS) is 14.4. The molecule has 3 aromatic carbocycles. The molecule has 236 valence electrons. The fourth-order valence-electron chi connectivity index (χ4n) is 4.29. The van der Waals surface area contributed by atoms with Gasteiger partial charge < -0.3 is 29.6 Å². The van der Waals surface area contributed by atoms with Crippen molar-refractivity contribution in [3.05, 3.63) is 96.0 Å². The number of amides is 3.